The Morgan fingerprint density at radius 1 is 0.309 bits per heavy atom. The number of esters is 3. The summed E-state index contributed by atoms with van der Waals surface area (Å²) in [5.74, 6) is 0.882. The molecule has 0 aliphatic rings. The second kappa shape index (κ2) is 54.7. The molecule has 0 aromatic carbocycles. The van der Waals surface area contributed by atoms with Crippen LogP contribution in [0.4, 0.5) is 0 Å². The van der Waals surface area contributed by atoms with E-state index in [1.807, 2.05) is 0 Å². The Morgan fingerprint density at radius 3 is 0.838 bits per heavy atom. The third-order valence-electron chi connectivity index (χ3n) is 14.6. The standard InChI is InChI=1S/C62H120O6/c1-6-8-9-10-11-12-13-14-15-21-25-28-33-39-44-49-54-62(65)68-59(56-67-61(64)53-48-43-38-34-29-30-35-40-45-50-57(3)4)55-66-60(63)52-47-42-37-32-27-24-22-19-17-16-18-20-23-26-31-36-41-46-51-58(5)7-2/h57-59H,6-56H2,1-5H3/t58?,59-/m1/s1. The first kappa shape index (κ1) is 66.4. The maximum absolute atomic E-state index is 12.9. The predicted molar refractivity (Wildman–Crippen MR) is 293 cm³/mol. The van der Waals surface area contributed by atoms with Gasteiger partial charge in [-0.25, -0.2) is 0 Å². The van der Waals surface area contributed by atoms with Gasteiger partial charge in [-0.1, -0.05) is 311 Å². The van der Waals surface area contributed by atoms with Crippen molar-refractivity contribution in [2.45, 2.75) is 355 Å². The second-order valence-electron chi connectivity index (χ2n) is 22.1. The number of carbonyl (C=O) groups is 3. The minimum Gasteiger partial charge on any atom is -0.462 e. The number of unbranched alkanes of at least 4 members (excludes halogenated alkanes) is 40. The van der Waals surface area contributed by atoms with Gasteiger partial charge in [0.25, 0.3) is 0 Å². The Kier molecular flexibility index (Phi) is 53.5. The third-order valence-corrected chi connectivity index (χ3v) is 14.6. The van der Waals surface area contributed by atoms with Gasteiger partial charge in [-0.2, -0.15) is 0 Å². The van der Waals surface area contributed by atoms with Crippen LogP contribution in [0.25, 0.3) is 0 Å². The molecule has 1 unspecified atom stereocenters. The van der Waals surface area contributed by atoms with E-state index >= 15 is 0 Å². The molecule has 2 atom stereocenters. The van der Waals surface area contributed by atoms with Crippen molar-refractivity contribution >= 4 is 17.9 Å². The van der Waals surface area contributed by atoms with Crippen molar-refractivity contribution in [3.63, 3.8) is 0 Å². The fraction of sp³-hybridized carbons (Fsp3) is 0.952. The van der Waals surface area contributed by atoms with E-state index in [1.165, 1.54) is 238 Å². The second-order valence-corrected chi connectivity index (χ2v) is 22.1. The van der Waals surface area contributed by atoms with Crippen molar-refractivity contribution in [1.82, 2.24) is 0 Å². The maximum Gasteiger partial charge on any atom is 0.306 e. The quantitative estimate of drug-likeness (QED) is 0.0343. The summed E-state index contributed by atoms with van der Waals surface area (Å²) in [6.07, 6.45) is 59.6. The summed E-state index contributed by atoms with van der Waals surface area (Å²) in [6, 6.07) is 0. The highest BCUT2D eigenvalue weighted by Crippen LogP contribution is 2.19. The van der Waals surface area contributed by atoms with Gasteiger partial charge in [0.05, 0.1) is 0 Å². The van der Waals surface area contributed by atoms with Crippen LogP contribution in [0.1, 0.15) is 349 Å². The van der Waals surface area contributed by atoms with Gasteiger partial charge in [-0.3, -0.25) is 14.4 Å². The minimum absolute atomic E-state index is 0.0625. The average molecular weight is 962 g/mol. The molecule has 0 N–H and O–H groups in total. The molecule has 0 spiro atoms. The highest BCUT2D eigenvalue weighted by Gasteiger charge is 2.19. The van der Waals surface area contributed by atoms with Crippen LogP contribution < -0.4 is 0 Å². The van der Waals surface area contributed by atoms with Gasteiger partial charge >= 0.3 is 17.9 Å². The van der Waals surface area contributed by atoms with Crippen LogP contribution in [0.15, 0.2) is 0 Å². The van der Waals surface area contributed by atoms with Crippen LogP contribution in [-0.2, 0) is 28.6 Å². The zero-order valence-electron chi connectivity index (χ0n) is 46.7. The van der Waals surface area contributed by atoms with E-state index in [4.69, 9.17) is 14.2 Å². The van der Waals surface area contributed by atoms with Gasteiger partial charge in [0.15, 0.2) is 6.10 Å². The topological polar surface area (TPSA) is 78.9 Å². The molecule has 0 bridgehead atoms. The largest absolute Gasteiger partial charge is 0.462 e. The molecule has 0 aromatic heterocycles. The van der Waals surface area contributed by atoms with Crippen molar-refractivity contribution in [2.24, 2.45) is 11.8 Å². The summed E-state index contributed by atoms with van der Waals surface area (Å²) in [7, 11) is 0. The molecule has 0 aromatic rings. The SMILES string of the molecule is CCCCCCCCCCCCCCCCCCC(=O)O[C@H](COC(=O)CCCCCCCCCCCCCCCCCCCCC(C)CC)COC(=O)CCCCCCCCCCCC(C)C. The normalized spacial score (nSPS) is 12.4. The summed E-state index contributed by atoms with van der Waals surface area (Å²) < 4.78 is 16.9. The molecule has 0 saturated carbocycles. The molecule has 0 amide bonds. The Labute approximate surface area is 425 Å². The van der Waals surface area contributed by atoms with E-state index in [0.717, 1.165) is 69.6 Å². The van der Waals surface area contributed by atoms with Crippen LogP contribution in [0, 0.1) is 11.8 Å². The highest BCUT2D eigenvalue weighted by molar-refractivity contribution is 5.71. The predicted octanol–water partition coefficient (Wildman–Crippen LogP) is 20.4. The molecule has 68 heavy (non-hydrogen) atoms. The van der Waals surface area contributed by atoms with Crippen LogP contribution in [0.3, 0.4) is 0 Å². The molecule has 404 valence electrons. The fourth-order valence-electron chi connectivity index (χ4n) is 9.55. The van der Waals surface area contributed by atoms with E-state index in [0.29, 0.717) is 19.3 Å². The summed E-state index contributed by atoms with van der Waals surface area (Å²) in [5.41, 5.74) is 0. The van der Waals surface area contributed by atoms with Crippen LogP contribution in [-0.4, -0.2) is 37.2 Å². The van der Waals surface area contributed by atoms with Crippen molar-refractivity contribution in [1.29, 1.82) is 0 Å². The monoisotopic (exact) mass is 961 g/mol. The van der Waals surface area contributed by atoms with E-state index in [9.17, 15) is 14.4 Å². The van der Waals surface area contributed by atoms with Gasteiger partial charge in [-0.05, 0) is 31.1 Å². The summed E-state index contributed by atoms with van der Waals surface area (Å²) in [4.78, 5) is 38.2. The lowest BCUT2D eigenvalue weighted by molar-refractivity contribution is -0.167. The lowest BCUT2D eigenvalue weighted by Gasteiger charge is -2.18. The van der Waals surface area contributed by atoms with E-state index < -0.39 is 6.10 Å². The van der Waals surface area contributed by atoms with Crippen molar-refractivity contribution < 1.29 is 28.6 Å². The molecular weight excluding hydrogens is 841 g/mol. The van der Waals surface area contributed by atoms with E-state index in [2.05, 4.69) is 34.6 Å². The molecule has 0 heterocycles. The third kappa shape index (κ3) is 53.8. The van der Waals surface area contributed by atoms with Crippen molar-refractivity contribution in [3.05, 3.63) is 0 Å². The number of hydrogen-bond donors (Lipinski definition) is 0. The van der Waals surface area contributed by atoms with Gasteiger partial charge in [0.2, 0.25) is 0 Å². The summed E-state index contributed by atoms with van der Waals surface area (Å²) >= 11 is 0. The van der Waals surface area contributed by atoms with Crippen LogP contribution in [0.2, 0.25) is 0 Å². The maximum atomic E-state index is 12.9. The fourth-order valence-corrected chi connectivity index (χ4v) is 9.55. The molecular formula is C62H120O6. The molecule has 6 nitrogen and oxygen atoms in total. The van der Waals surface area contributed by atoms with Crippen molar-refractivity contribution in [2.75, 3.05) is 13.2 Å². The Morgan fingerprint density at radius 2 is 0.559 bits per heavy atom. The van der Waals surface area contributed by atoms with Gasteiger partial charge in [-0.15, -0.1) is 0 Å². The number of hydrogen-bond acceptors (Lipinski definition) is 6. The first-order valence-corrected chi connectivity index (χ1v) is 30.8. The molecule has 0 rings (SSSR count). The van der Waals surface area contributed by atoms with E-state index in [1.54, 1.807) is 0 Å². The molecule has 0 aliphatic carbocycles. The molecule has 0 radical (unpaired) electrons. The van der Waals surface area contributed by atoms with Gasteiger partial charge in [0.1, 0.15) is 13.2 Å². The van der Waals surface area contributed by atoms with Crippen LogP contribution in [0.5, 0.6) is 0 Å². The smallest absolute Gasteiger partial charge is 0.306 e. The lowest BCUT2D eigenvalue weighted by atomic mass is 9.99. The first-order valence-electron chi connectivity index (χ1n) is 30.8. The molecule has 0 fully saturated rings. The van der Waals surface area contributed by atoms with Crippen LogP contribution >= 0.6 is 0 Å². The Bertz CT molecular complexity index is 1040. The molecule has 0 aliphatic heterocycles. The zero-order valence-corrected chi connectivity index (χ0v) is 46.7. The first-order chi connectivity index (χ1) is 33.3. The van der Waals surface area contributed by atoms with Gasteiger partial charge in [0, 0.05) is 19.3 Å². The Hall–Kier alpha value is -1.59. The highest BCUT2D eigenvalue weighted by atomic mass is 16.6. The van der Waals surface area contributed by atoms with Crippen molar-refractivity contribution in [3.8, 4) is 0 Å². The summed E-state index contributed by atoms with van der Waals surface area (Å²) in [6.45, 7) is 11.4. The zero-order chi connectivity index (χ0) is 49.6. The molecule has 0 saturated heterocycles. The number of rotatable bonds is 56. The summed E-state index contributed by atoms with van der Waals surface area (Å²) in [5, 5.41) is 0. The minimum atomic E-state index is -0.763. The van der Waals surface area contributed by atoms with Gasteiger partial charge < -0.3 is 14.2 Å². The average Bonchev–Trinajstić information content (AvgIpc) is 3.32. The lowest BCUT2D eigenvalue weighted by Crippen LogP contribution is -2.30. The van der Waals surface area contributed by atoms with E-state index in [-0.39, 0.29) is 31.1 Å². The number of ether oxygens (including phenoxy) is 3. The number of carbonyl (C=O) groups excluding carboxylic acids is 3. The Balaban J connectivity index is 4.23. The molecule has 6 heteroatoms.